The van der Waals surface area contributed by atoms with E-state index in [1.165, 1.54) is 5.56 Å². The third-order valence-electron chi connectivity index (χ3n) is 3.34. The summed E-state index contributed by atoms with van der Waals surface area (Å²) in [7, 11) is 1.60. The summed E-state index contributed by atoms with van der Waals surface area (Å²) in [4.78, 5) is 12.1. The van der Waals surface area contributed by atoms with Crippen molar-refractivity contribution in [2.75, 3.05) is 13.7 Å². The Bertz CT molecular complexity index is 632. The lowest BCUT2D eigenvalue weighted by Gasteiger charge is -2.11. The highest BCUT2D eigenvalue weighted by molar-refractivity contribution is 5.97. The number of methoxy groups -OCH3 is 1. The second-order valence-electron chi connectivity index (χ2n) is 4.92. The first kappa shape index (κ1) is 15.1. The van der Waals surface area contributed by atoms with Crippen LogP contribution in [-0.4, -0.2) is 19.5 Å². The molecule has 0 saturated carbocycles. The van der Waals surface area contributed by atoms with E-state index >= 15 is 0 Å². The van der Waals surface area contributed by atoms with Gasteiger partial charge in [-0.3, -0.25) is 4.79 Å². The zero-order valence-electron chi connectivity index (χ0n) is 12.7. The molecule has 0 fully saturated rings. The Morgan fingerprint density at radius 2 is 1.90 bits per heavy atom. The van der Waals surface area contributed by atoms with E-state index in [1.807, 2.05) is 43.3 Å². The van der Waals surface area contributed by atoms with Gasteiger partial charge in [-0.1, -0.05) is 36.8 Å². The number of hydrogen-bond donors (Lipinski definition) is 0. The van der Waals surface area contributed by atoms with Crippen LogP contribution in [0.5, 0.6) is 11.5 Å². The third-order valence-corrected chi connectivity index (χ3v) is 3.34. The van der Waals surface area contributed by atoms with E-state index in [4.69, 9.17) is 9.47 Å². The quantitative estimate of drug-likeness (QED) is 0.756. The molecule has 0 saturated heterocycles. The Morgan fingerprint density at radius 3 is 2.57 bits per heavy atom. The molecule has 0 aliphatic heterocycles. The van der Waals surface area contributed by atoms with Gasteiger partial charge in [0.2, 0.25) is 0 Å². The van der Waals surface area contributed by atoms with Crippen molar-refractivity contribution in [2.45, 2.75) is 20.3 Å². The first-order valence-electron chi connectivity index (χ1n) is 7.03. The first-order valence-corrected chi connectivity index (χ1v) is 7.03. The molecule has 0 aliphatic carbocycles. The normalized spacial score (nSPS) is 10.2. The van der Waals surface area contributed by atoms with E-state index in [9.17, 15) is 4.79 Å². The van der Waals surface area contributed by atoms with Gasteiger partial charge in [0, 0.05) is 5.56 Å². The van der Waals surface area contributed by atoms with E-state index < -0.39 is 0 Å². The average molecular weight is 284 g/mol. The molecular formula is C18H20O3. The second kappa shape index (κ2) is 6.93. The lowest BCUT2D eigenvalue weighted by atomic mass is 10.1. The van der Waals surface area contributed by atoms with Crippen LogP contribution < -0.4 is 9.47 Å². The molecule has 21 heavy (non-hydrogen) atoms. The maximum absolute atomic E-state index is 12.1. The summed E-state index contributed by atoms with van der Waals surface area (Å²) in [6.45, 7) is 4.05. The standard InChI is InChI=1S/C18H20O3/c1-4-14-8-9-17(18(11-14)20-3)21-12-16(19)15-7-5-6-13(2)10-15/h5-11H,4,12H2,1-3H3. The van der Waals surface area contributed by atoms with Crippen molar-refractivity contribution in [3.8, 4) is 11.5 Å². The monoisotopic (exact) mass is 284 g/mol. The zero-order chi connectivity index (χ0) is 15.2. The fraction of sp³-hybridized carbons (Fsp3) is 0.278. The molecule has 0 bridgehead atoms. The molecular weight excluding hydrogens is 264 g/mol. The number of carbonyl (C=O) groups is 1. The van der Waals surface area contributed by atoms with Crippen LogP contribution in [0.2, 0.25) is 0 Å². The highest BCUT2D eigenvalue weighted by Crippen LogP contribution is 2.28. The minimum Gasteiger partial charge on any atom is -0.493 e. The van der Waals surface area contributed by atoms with Crippen molar-refractivity contribution in [3.05, 3.63) is 59.2 Å². The van der Waals surface area contributed by atoms with Crippen LogP contribution in [0.4, 0.5) is 0 Å². The third kappa shape index (κ3) is 3.85. The lowest BCUT2D eigenvalue weighted by Crippen LogP contribution is -2.12. The van der Waals surface area contributed by atoms with Gasteiger partial charge in [-0.2, -0.15) is 0 Å². The van der Waals surface area contributed by atoms with Gasteiger partial charge in [-0.05, 0) is 37.1 Å². The maximum atomic E-state index is 12.1. The van der Waals surface area contributed by atoms with E-state index in [-0.39, 0.29) is 12.4 Å². The molecule has 0 unspecified atom stereocenters. The number of aryl methyl sites for hydroxylation is 2. The van der Waals surface area contributed by atoms with Crippen LogP contribution in [0.3, 0.4) is 0 Å². The molecule has 0 aromatic heterocycles. The number of benzene rings is 2. The molecule has 2 aromatic rings. The predicted octanol–water partition coefficient (Wildman–Crippen LogP) is 3.83. The molecule has 110 valence electrons. The van der Waals surface area contributed by atoms with Gasteiger partial charge in [0.25, 0.3) is 0 Å². The van der Waals surface area contributed by atoms with Crippen LogP contribution in [0.25, 0.3) is 0 Å². The van der Waals surface area contributed by atoms with Crippen molar-refractivity contribution in [2.24, 2.45) is 0 Å². The number of Topliss-reactive ketones (excluding diaryl/α,β-unsaturated/α-hetero) is 1. The number of ether oxygens (including phenoxy) is 2. The fourth-order valence-corrected chi connectivity index (χ4v) is 2.10. The van der Waals surface area contributed by atoms with Crippen molar-refractivity contribution < 1.29 is 14.3 Å². The van der Waals surface area contributed by atoms with Crippen LogP contribution in [-0.2, 0) is 6.42 Å². The Morgan fingerprint density at radius 1 is 1.10 bits per heavy atom. The summed E-state index contributed by atoms with van der Waals surface area (Å²) in [5.74, 6) is 1.21. The predicted molar refractivity (Wildman–Crippen MR) is 83.4 cm³/mol. The molecule has 2 aromatic carbocycles. The van der Waals surface area contributed by atoms with Crippen LogP contribution in [0.15, 0.2) is 42.5 Å². The SMILES string of the molecule is CCc1ccc(OCC(=O)c2cccc(C)c2)c(OC)c1. The van der Waals surface area contributed by atoms with Gasteiger partial charge in [-0.25, -0.2) is 0 Å². The molecule has 2 rings (SSSR count). The van der Waals surface area contributed by atoms with Gasteiger partial charge < -0.3 is 9.47 Å². The Hall–Kier alpha value is -2.29. The first-order chi connectivity index (χ1) is 10.1. The van der Waals surface area contributed by atoms with Crippen LogP contribution >= 0.6 is 0 Å². The van der Waals surface area contributed by atoms with Gasteiger partial charge in [0.1, 0.15) is 0 Å². The topological polar surface area (TPSA) is 35.5 Å². The van der Waals surface area contributed by atoms with Crippen molar-refractivity contribution in [3.63, 3.8) is 0 Å². The molecule has 0 N–H and O–H groups in total. The number of hydrogen-bond acceptors (Lipinski definition) is 3. The van der Waals surface area contributed by atoms with E-state index in [1.54, 1.807) is 13.2 Å². The summed E-state index contributed by atoms with van der Waals surface area (Å²) >= 11 is 0. The van der Waals surface area contributed by atoms with Crippen molar-refractivity contribution >= 4 is 5.78 Å². The fourth-order valence-electron chi connectivity index (χ4n) is 2.10. The molecule has 0 amide bonds. The van der Waals surface area contributed by atoms with Crippen molar-refractivity contribution in [1.82, 2.24) is 0 Å². The minimum atomic E-state index is -0.0414. The minimum absolute atomic E-state index is 0.00524. The van der Waals surface area contributed by atoms with E-state index in [0.29, 0.717) is 17.1 Å². The van der Waals surface area contributed by atoms with Gasteiger partial charge in [0.05, 0.1) is 7.11 Å². The highest BCUT2D eigenvalue weighted by atomic mass is 16.5. The maximum Gasteiger partial charge on any atom is 0.200 e. The highest BCUT2D eigenvalue weighted by Gasteiger charge is 2.10. The molecule has 0 radical (unpaired) electrons. The molecule has 0 aliphatic rings. The number of ketones is 1. The van der Waals surface area contributed by atoms with Crippen LogP contribution in [0.1, 0.15) is 28.4 Å². The molecule has 0 atom stereocenters. The molecule has 3 heteroatoms. The summed E-state index contributed by atoms with van der Waals surface area (Å²) in [5, 5.41) is 0. The van der Waals surface area contributed by atoms with Gasteiger partial charge in [0.15, 0.2) is 23.9 Å². The Balaban J connectivity index is 2.07. The van der Waals surface area contributed by atoms with E-state index in [2.05, 4.69) is 6.92 Å². The Labute approximate surface area is 125 Å². The Kier molecular flexibility index (Phi) is 4.99. The number of carbonyl (C=O) groups excluding carboxylic acids is 1. The molecule has 0 spiro atoms. The zero-order valence-corrected chi connectivity index (χ0v) is 12.7. The smallest absolute Gasteiger partial charge is 0.200 e. The van der Waals surface area contributed by atoms with Gasteiger partial charge >= 0.3 is 0 Å². The molecule has 0 heterocycles. The van der Waals surface area contributed by atoms with Gasteiger partial charge in [-0.15, -0.1) is 0 Å². The van der Waals surface area contributed by atoms with Crippen LogP contribution in [0, 0.1) is 6.92 Å². The second-order valence-corrected chi connectivity index (χ2v) is 4.92. The molecule has 3 nitrogen and oxygen atoms in total. The number of rotatable bonds is 6. The van der Waals surface area contributed by atoms with Crippen molar-refractivity contribution in [1.29, 1.82) is 0 Å². The summed E-state index contributed by atoms with van der Waals surface area (Å²) in [5.41, 5.74) is 2.90. The van der Waals surface area contributed by atoms with E-state index in [0.717, 1.165) is 12.0 Å². The summed E-state index contributed by atoms with van der Waals surface area (Å²) < 4.78 is 10.9. The average Bonchev–Trinajstić information content (AvgIpc) is 2.52. The summed E-state index contributed by atoms with van der Waals surface area (Å²) in [6, 6.07) is 13.3. The summed E-state index contributed by atoms with van der Waals surface area (Å²) in [6.07, 6.45) is 0.929. The largest absolute Gasteiger partial charge is 0.493 e. The lowest BCUT2D eigenvalue weighted by molar-refractivity contribution is 0.0919.